The number of rotatable bonds is 4. The standard InChI is InChI=1S/C33H56N2O3/c1-28(2)13-15-33(27(38)35-18-8-17-34)16-14-31(6)21(22(33)19-28)9-10-25-30(5)20-23(36)26(37)29(3,4)24(30)11-12-32(25,31)7/h9,22-26,36-37H,8,10-20,34H2,1-7H3,(H,35,38)/t22-,23+,24-,25+,26-,30-,31+,32+,33-/m0/s1. The lowest BCUT2D eigenvalue weighted by atomic mass is 9.33. The Morgan fingerprint density at radius 2 is 1.66 bits per heavy atom. The highest BCUT2D eigenvalue weighted by atomic mass is 16.3. The molecule has 5 rings (SSSR count). The van der Waals surface area contributed by atoms with Crippen LogP contribution in [0.25, 0.3) is 0 Å². The van der Waals surface area contributed by atoms with Gasteiger partial charge in [-0.1, -0.05) is 60.1 Å². The highest BCUT2D eigenvalue weighted by Crippen LogP contribution is 2.75. The summed E-state index contributed by atoms with van der Waals surface area (Å²) < 4.78 is 0. The minimum Gasteiger partial charge on any atom is -0.390 e. The topological polar surface area (TPSA) is 95.6 Å². The molecule has 5 N–H and O–H groups in total. The summed E-state index contributed by atoms with van der Waals surface area (Å²) in [4.78, 5) is 13.9. The molecule has 0 radical (unpaired) electrons. The average molecular weight is 529 g/mol. The van der Waals surface area contributed by atoms with Gasteiger partial charge in [0, 0.05) is 6.54 Å². The van der Waals surface area contributed by atoms with Crippen molar-refractivity contribution in [3.63, 3.8) is 0 Å². The molecule has 216 valence electrons. The maximum Gasteiger partial charge on any atom is 0.226 e. The van der Waals surface area contributed by atoms with Gasteiger partial charge < -0.3 is 21.3 Å². The fourth-order valence-electron chi connectivity index (χ4n) is 11.3. The van der Waals surface area contributed by atoms with Crippen LogP contribution in [0.15, 0.2) is 11.6 Å². The van der Waals surface area contributed by atoms with E-state index in [1.807, 2.05) is 0 Å². The molecule has 0 aromatic heterocycles. The van der Waals surface area contributed by atoms with Crippen LogP contribution in [-0.4, -0.2) is 41.4 Å². The van der Waals surface area contributed by atoms with E-state index in [1.54, 1.807) is 5.57 Å². The summed E-state index contributed by atoms with van der Waals surface area (Å²) in [5.74, 6) is 1.42. The first-order chi connectivity index (χ1) is 17.6. The SMILES string of the molecule is CC1(C)CC[C@]2(C(=O)NCCCN)CC[C@]3(C)C(=CC[C@@H]4[C@@]5(C)C[C@@H](O)[C@H](O)C(C)(C)[C@@H]5CC[C@]43C)[C@@H]2C1. The molecule has 5 heteroatoms. The zero-order valence-electron chi connectivity index (χ0n) is 25.3. The Morgan fingerprint density at radius 3 is 2.34 bits per heavy atom. The fourth-order valence-corrected chi connectivity index (χ4v) is 11.3. The van der Waals surface area contributed by atoms with Crippen LogP contribution < -0.4 is 11.1 Å². The van der Waals surface area contributed by atoms with Crippen molar-refractivity contribution in [1.82, 2.24) is 5.32 Å². The van der Waals surface area contributed by atoms with Crippen LogP contribution in [-0.2, 0) is 4.79 Å². The molecule has 4 fully saturated rings. The lowest BCUT2D eigenvalue weighted by Crippen LogP contribution is -2.67. The van der Waals surface area contributed by atoms with Gasteiger partial charge in [-0.2, -0.15) is 0 Å². The maximum atomic E-state index is 13.9. The van der Waals surface area contributed by atoms with Gasteiger partial charge >= 0.3 is 0 Å². The molecule has 0 aliphatic heterocycles. The van der Waals surface area contributed by atoms with Crippen LogP contribution >= 0.6 is 0 Å². The molecule has 0 aromatic carbocycles. The van der Waals surface area contributed by atoms with Gasteiger partial charge in [-0.15, -0.1) is 0 Å². The summed E-state index contributed by atoms with van der Waals surface area (Å²) in [6.45, 7) is 17.9. The van der Waals surface area contributed by atoms with E-state index in [4.69, 9.17) is 5.73 Å². The Bertz CT molecular complexity index is 989. The summed E-state index contributed by atoms with van der Waals surface area (Å²) >= 11 is 0. The van der Waals surface area contributed by atoms with Crippen molar-refractivity contribution in [2.75, 3.05) is 13.1 Å². The van der Waals surface area contributed by atoms with E-state index >= 15 is 0 Å². The lowest BCUT2D eigenvalue weighted by molar-refractivity contribution is -0.231. The van der Waals surface area contributed by atoms with Gasteiger partial charge in [-0.3, -0.25) is 4.79 Å². The number of fused-ring (bicyclic) bond motifs is 7. The Hall–Kier alpha value is -0.910. The van der Waals surface area contributed by atoms with Crippen molar-refractivity contribution in [1.29, 1.82) is 0 Å². The molecular formula is C33H56N2O3. The van der Waals surface area contributed by atoms with Crippen LogP contribution in [0.4, 0.5) is 0 Å². The molecular weight excluding hydrogens is 472 g/mol. The molecule has 0 saturated heterocycles. The van der Waals surface area contributed by atoms with Crippen LogP contribution in [0.3, 0.4) is 0 Å². The number of carbonyl (C=O) groups excluding carboxylic acids is 1. The number of aliphatic hydroxyl groups is 2. The molecule has 38 heavy (non-hydrogen) atoms. The normalized spacial score (nSPS) is 49.0. The Kier molecular flexibility index (Phi) is 6.81. The monoisotopic (exact) mass is 528 g/mol. The first-order valence-electron chi connectivity index (χ1n) is 15.6. The van der Waals surface area contributed by atoms with E-state index in [9.17, 15) is 15.0 Å². The van der Waals surface area contributed by atoms with Gasteiger partial charge in [-0.25, -0.2) is 0 Å². The van der Waals surface area contributed by atoms with Crippen LogP contribution in [0.2, 0.25) is 0 Å². The van der Waals surface area contributed by atoms with Gasteiger partial charge in [0.25, 0.3) is 0 Å². The predicted molar refractivity (Wildman–Crippen MR) is 153 cm³/mol. The van der Waals surface area contributed by atoms with E-state index in [0.717, 1.165) is 57.8 Å². The quantitative estimate of drug-likeness (QED) is 0.283. The van der Waals surface area contributed by atoms with E-state index in [1.165, 1.54) is 0 Å². The average Bonchev–Trinajstić information content (AvgIpc) is 2.83. The first-order valence-corrected chi connectivity index (χ1v) is 15.6. The molecule has 9 atom stereocenters. The highest BCUT2D eigenvalue weighted by Gasteiger charge is 2.69. The number of hydrogen-bond donors (Lipinski definition) is 4. The number of nitrogens with two attached hydrogens (primary N) is 1. The second-order valence-corrected chi connectivity index (χ2v) is 16.3. The van der Waals surface area contributed by atoms with Crippen molar-refractivity contribution in [3.05, 3.63) is 11.6 Å². The van der Waals surface area contributed by atoms with E-state index < -0.39 is 12.2 Å². The van der Waals surface area contributed by atoms with Crippen molar-refractivity contribution in [2.24, 2.45) is 56.0 Å². The smallest absolute Gasteiger partial charge is 0.226 e. The molecule has 0 heterocycles. The summed E-state index contributed by atoms with van der Waals surface area (Å²) in [5, 5.41) is 25.4. The number of amides is 1. The molecule has 0 spiro atoms. The largest absolute Gasteiger partial charge is 0.390 e. The number of hydrogen-bond acceptors (Lipinski definition) is 4. The third kappa shape index (κ3) is 3.76. The first kappa shape index (κ1) is 28.6. The second-order valence-electron chi connectivity index (χ2n) is 16.3. The Balaban J connectivity index is 1.55. The van der Waals surface area contributed by atoms with Gasteiger partial charge in [0.1, 0.15) is 0 Å². The molecule has 0 aromatic rings. The summed E-state index contributed by atoms with van der Waals surface area (Å²) in [6.07, 6.45) is 11.2. The maximum absolute atomic E-state index is 13.9. The molecule has 0 bridgehead atoms. The minimum atomic E-state index is -0.665. The van der Waals surface area contributed by atoms with Crippen LogP contribution in [0.5, 0.6) is 0 Å². The summed E-state index contributed by atoms with van der Waals surface area (Å²) in [5.41, 5.74) is 7.10. The van der Waals surface area contributed by atoms with Crippen LogP contribution in [0.1, 0.15) is 113 Å². The van der Waals surface area contributed by atoms with Crippen molar-refractivity contribution in [2.45, 2.75) is 125 Å². The van der Waals surface area contributed by atoms with Gasteiger partial charge in [-0.05, 0) is 116 Å². The lowest BCUT2D eigenvalue weighted by Gasteiger charge is -2.71. The number of aliphatic hydroxyl groups excluding tert-OH is 2. The number of allylic oxidation sites excluding steroid dienone is 2. The second kappa shape index (κ2) is 9.05. The third-order valence-electron chi connectivity index (χ3n) is 13.7. The summed E-state index contributed by atoms with van der Waals surface area (Å²) in [7, 11) is 0. The van der Waals surface area contributed by atoms with Crippen molar-refractivity contribution in [3.8, 4) is 0 Å². The number of carbonyl (C=O) groups is 1. The van der Waals surface area contributed by atoms with Gasteiger partial charge in [0.15, 0.2) is 0 Å². The Labute approximate surface area is 231 Å². The van der Waals surface area contributed by atoms with E-state index in [0.29, 0.717) is 37.3 Å². The minimum absolute atomic E-state index is 0.0137. The number of nitrogens with one attached hydrogen (secondary N) is 1. The van der Waals surface area contributed by atoms with Crippen molar-refractivity contribution >= 4 is 5.91 Å². The zero-order chi connectivity index (χ0) is 27.9. The van der Waals surface area contributed by atoms with Crippen molar-refractivity contribution < 1.29 is 15.0 Å². The fraction of sp³-hybridized carbons (Fsp3) is 0.909. The van der Waals surface area contributed by atoms with Crippen LogP contribution in [0, 0.1) is 50.2 Å². The van der Waals surface area contributed by atoms with E-state index in [-0.39, 0.29) is 38.4 Å². The molecule has 5 nitrogen and oxygen atoms in total. The Morgan fingerprint density at radius 1 is 0.974 bits per heavy atom. The predicted octanol–water partition coefficient (Wildman–Crippen LogP) is 5.58. The van der Waals surface area contributed by atoms with E-state index in [2.05, 4.69) is 59.9 Å². The van der Waals surface area contributed by atoms with Gasteiger partial charge in [0.05, 0.1) is 17.6 Å². The molecule has 4 saturated carbocycles. The molecule has 5 aliphatic carbocycles. The molecule has 0 unspecified atom stereocenters. The zero-order valence-corrected chi connectivity index (χ0v) is 25.3. The molecule has 5 aliphatic rings. The summed E-state index contributed by atoms with van der Waals surface area (Å²) in [6, 6.07) is 0. The molecule has 1 amide bonds. The highest BCUT2D eigenvalue weighted by molar-refractivity contribution is 5.84. The van der Waals surface area contributed by atoms with Gasteiger partial charge in [0.2, 0.25) is 5.91 Å². The third-order valence-corrected chi connectivity index (χ3v) is 13.7.